The quantitative estimate of drug-likeness (QED) is 0.0682. The van der Waals surface area contributed by atoms with Gasteiger partial charge in [-0.15, -0.1) is 0 Å². The van der Waals surface area contributed by atoms with Gasteiger partial charge in [0.15, 0.2) is 18.2 Å². The van der Waals surface area contributed by atoms with E-state index >= 15 is 0 Å². The van der Waals surface area contributed by atoms with Crippen molar-refractivity contribution in [3.05, 3.63) is 47.5 Å². The first-order valence-electron chi connectivity index (χ1n) is 15.8. The van der Waals surface area contributed by atoms with E-state index in [-0.39, 0.29) is 36.5 Å². The molecule has 0 spiro atoms. The van der Waals surface area contributed by atoms with Crippen LogP contribution < -0.4 is 14.2 Å². The second-order valence-electron chi connectivity index (χ2n) is 12.2. The number of carbonyl (C=O) groups is 3. The number of ketones is 1. The number of hydrogen-bond donors (Lipinski definition) is 8. The molecular formula is C33H42O17. The van der Waals surface area contributed by atoms with Crippen LogP contribution >= 0.6 is 0 Å². The molecule has 2 aromatic carbocycles. The molecule has 50 heavy (non-hydrogen) atoms. The maximum absolute atomic E-state index is 13.0. The molecular weight excluding hydrogens is 668 g/mol. The van der Waals surface area contributed by atoms with E-state index in [4.69, 9.17) is 28.4 Å². The number of benzene rings is 2. The number of hydrogen-bond acceptors (Lipinski definition) is 17. The molecule has 0 radical (unpaired) electrons. The third-order valence-corrected chi connectivity index (χ3v) is 8.13. The van der Waals surface area contributed by atoms with Crippen LogP contribution in [0.1, 0.15) is 43.1 Å². The van der Waals surface area contributed by atoms with Crippen LogP contribution in [0.2, 0.25) is 0 Å². The minimum Gasteiger partial charge on any atom is -0.508 e. The number of carbonyl (C=O) groups excluding carboxylic acids is 3. The number of phenols is 1. The molecule has 276 valence electrons. The number of Topliss-reactive ketones (excluding diaryl/α,β-unsaturated/α-hetero) is 1. The number of ether oxygens (including phenoxy) is 6. The summed E-state index contributed by atoms with van der Waals surface area (Å²) in [7, 11) is 0. The molecule has 2 aliphatic heterocycles. The summed E-state index contributed by atoms with van der Waals surface area (Å²) in [6.07, 6.45) is -16.8. The number of phenolic OH excluding ortho intramolecular Hbond substituents is 1. The molecule has 0 aliphatic carbocycles. The van der Waals surface area contributed by atoms with E-state index in [9.17, 15) is 55.2 Å². The highest BCUT2D eigenvalue weighted by Gasteiger charge is 2.51. The molecule has 0 amide bonds. The maximum Gasteiger partial charge on any atom is 0.315 e. The van der Waals surface area contributed by atoms with Crippen molar-refractivity contribution in [2.45, 2.75) is 95.0 Å². The number of aliphatic hydroxyl groups excluding tert-OH is 7. The fourth-order valence-corrected chi connectivity index (χ4v) is 5.31. The van der Waals surface area contributed by atoms with Crippen LogP contribution in [-0.2, 0) is 30.2 Å². The van der Waals surface area contributed by atoms with Crippen molar-refractivity contribution >= 4 is 17.7 Å². The smallest absolute Gasteiger partial charge is 0.315 e. The molecule has 8 N–H and O–H groups in total. The monoisotopic (exact) mass is 710 g/mol. The number of aromatic hydroxyl groups is 1. The Hall–Kier alpha value is -3.75. The summed E-state index contributed by atoms with van der Waals surface area (Å²) >= 11 is 0. The van der Waals surface area contributed by atoms with E-state index in [1.54, 1.807) is 6.92 Å². The summed E-state index contributed by atoms with van der Waals surface area (Å²) in [5.74, 6) is -4.09. The Balaban J connectivity index is 1.71. The topological polar surface area (TPSA) is 268 Å². The third-order valence-electron chi connectivity index (χ3n) is 8.13. The van der Waals surface area contributed by atoms with E-state index in [1.165, 1.54) is 31.2 Å². The van der Waals surface area contributed by atoms with Crippen LogP contribution in [0.25, 0.3) is 0 Å². The van der Waals surface area contributed by atoms with Gasteiger partial charge in [-0.05, 0) is 37.5 Å². The number of aliphatic hydroxyl groups is 7. The molecule has 4 rings (SSSR count). The molecule has 17 heteroatoms. The molecule has 1 unspecified atom stereocenters. The van der Waals surface area contributed by atoms with E-state index < -0.39 is 103 Å². The largest absolute Gasteiger partial charge is 0.508 e. The van der Waals surface area contributed by atoms with Crippen molar-refractivity contribution in [1.29, 1.82) is 0 Å². The standard InChI is InChI=1S/C33H42O17/c1-14(12-34)8-23(38)47-20-10-19(11-21(25(20)15(2)36)48-24(39)9-17-4-6-18(37)7-5-17)46-33-31(29(43)27(41)22(13-35)49-33)50-32-30(44)28(42)26(40)16(3)45-32/h4-7,10-11,14,16,22,26-35,37,40-44H,8-9,12-13H2,1-3H3/t14?,16-,22+,26-,27+,28+,29-,30+,31+,32-,33+/m0/s1. The van der Waals surface area contributed by atoms with Crippen molar-refractivity contribution in [1.82, 2.24) is 0 Å². The van der Waals surface area contributed by atoms with Gasteiger partial charge >= 0.3 is 11.9 Å². The number of rotatable bonds is 13. The molecule has 2 aliphatic rings. The molecule has 0 saturated carbocycles. The van der Waals surface area contributed by atoms with Crippen LogP contribution in [0.15, 0.2) is 36.4 Å². The highest BCUT2D eigenvalue weighted by atomic mass is 16.8. The highest BCUT2D eigenvalue weighted by Crippen LogP contribution is 2.38. The molecule has 2 saturated heterocycles. The first kappa shape index (κ1) is 39.0. The van der Waals surface area contributed by atoms with Gasteiger partial charge in [-0.3, -0.25) is 14.4 Å². The summed E-state index contributed by atoms with van der Waals surface area (Å²) in [5.41, 5.74) is 0.120. The molecule has 2 fully saturated rings. The maximum atomic E-state index is 13.0. The normalized spacial score (nSPS) is 30.3. The Labute approximate surface area is 286 Å². The number of esters is 2. The lowest BCUT2D eigenvalue weighted by molar-refractivity contribution is -0.354. The Bertz CT molecular complexity index is 1480. The molecule has 0 bridgehead atoms. The first-order chi connectivity index (χ1) is 23.6. The van der Waals surface area contributed by atoms with E-state index in [0.29, 0.717) is 5.56 Å². The van der Waals surface area contributed by atoms with Crippen molar-refractivity contribution < 1.29 is 83.7 Å². The van der Waals surface area contributed by atoms with Gasteiger partial charge in [0.2, 0.25) is 6.29 Å². The Morgan fingerprint density at radius 2 is 1.44 bits per heavy atom. The van der Waals surface area contributed by atoms with Gasteiger partial charge in [-0.2, -0.15) is 0 Å². The molecule has 2 heterocycles. The summed E-state index contributed by atoms with van der Waals surface area (Å²) in [4.78, 5) is 38.7. The summed E-state index contributed by atoms with van der Waals surface area (Å²) < 4.78 is 33.8. The van der Waals surface area contributed by atoms with Gasteiger partial charge in [0.1, 0.15) is 65.2 Å². The van der Waals surface area contributed by atoms with Gasteiger partial charge < -0.3 is 69.3 Å². The zero-order valence-corrected chi connectivity index (χ0v) is 27.4. The van der Waals surface area contributed by atoms with Crippen molar-refractivity contribution in [2.24, 2.45) is 5.92 Å². The Kier molecular flexibility index (Phi) is 13.3. The van der Waals surface area contributed by atoms with E-state index in [0.717, 1.165) is 19.1 Å². The average Bonchev–Trinajstić information content (AvgIpc) is 3.06. The van der Waals surface area contributed by atoms with Gasteiger partial charge in [0.25, 0.3) is 0 Å². The predicted molar refractivity (Wildman–Crippen MR) is 166 cm³/mol. The third kappa shape index (κ3) is 9.32. The lowest BCUT2D eigenvalue weighted by atomic mass is 9.97. The van der Waals surface area contributed by atoms with Gasteiger partial charge in [-0.1, -0.05) is 19.1 Å². The van der Waals surface area contributed by atoms with Crippen molar-refractivity contribution in [3.8, 4) is 23.0 Å². The predicted octanol–water partition coefficient (Wildman–Crippen LogP) is -1.30. The molecule has 2 aromatic rings. The van der Waals surface area contributed by atoms with Crippen molar-refractivity contribution in [3.63, 3.8) is 0 Å². The van der Waals surface area contributed by atoms with Gasteiger partial charge in [0.05, 0.1) is 25.6 Å². The summed E-state index contributed by atoms with van der Waals surface area (Å²) in [5, 5.41) is 81.2. The fraction of sp³-hybridized carbons (Fsp3) is 0.545. The molecule has 17 nitrogen and oxygen atoms in total. The van der Waals surface area contributed by atoms with E-state index in [1.807, 2.05) is 0 Å². The second-order valence-corrected chi connectivity index (χ2v) is 12.2. The van der Waals surface area contributed by atoms with Gasteiger partial charge in [0, 0.05) is 18.7 Å². The van der Waals surface area contributed by atoms with Crippen LogP contribution in [0.5, 0.6) is 23.0 Å². The average molecular weight is 711 g/mol. The SMILES string of the molecule is CC(=O)c1c(OC(=O)Cc2ccc(O)cc2)cc(O[C@@H]2O[C@H](CO)[C@@H](O)[C@H](O)[C@H]2O[C@@H]2O[C@@H](C)[C@H](O)[C@@H](O)[C@H]2O)cc1OC(=O)CC(C)CO. The summed E-state index contributed by atoms with van der Waals surface area (Å²) in [6, 6.07) is 7.83. The van der Waals surface area contributed by atoms with Crippen LogP contribution in [-0.4, -0.2) is 133 Å². The molecule has 11 atom stereocenters. The fourth-order valence-electron chi connectivity index (χ4n) is 5.31. The second kappa shape index (κ2) is 17.0. The van der Waals surface area contributed by atoms with E-state index in [2.05, 4.69) is 0 Å². The van der Waals surface area contributed by atoms with Crippen molar-refractivity contribution in [2.75, 3.05) is 13.2 Å². The van der Waals surface area contributed by atoms with Crippen LogP contribution in [0.4, 0.5) is 0 Å². The Morgan fingerprint density at radius 3 is 2.02 bits per heavy atom. The Morgan fingerprint density at radius 1 is 0.820 bits per heavy atom. The zero-order chi connectivity index (χ0) is 36.9. The lowest BCUT2D eigenvalue weighted by Gasteiger charge is -2.45. The zero-order valence-electron chi connectivity index (χ0n) is 27.4. The minimum atomic E-state index is -1.86. The summed E-state index contributed by atoms with van der Waals surface area (Å²) in [6.45, 7) is 2.95. The highest BCUT2D eigenvalue weighted by molar-refractivity contribution is 6.01. The first-order valence-corrected chi connectivity index (χ1v) is 15.8. The van der Waals surface area contributed by atoms with Crippen LogP contribution in [0.3, 0.4) is 0 Å². The molecule has 0 aromatic heterocycles. The van der Waals surface area contributed by atoms with Crippen LogP contribution in [0, 0.1) is 5.92 Å². The minimum absolute atomic E-state index is 0.0334. The van der Waals surface area contributed by atoms with Gasteiger partial charge in [-0.25, -0.2) is 0 Å². The lowest BCUT2D eigenvalue weighted by Crippen LogP contribution is -2.64.